The van der Waals surface area contributed by atoms with Crippen LogP contribution in [0.1, 0.15) is 30.6 Å². The molecular formula is C16H23N3O3S. The van der Waals surface area contributed by atoms with Crippen molar-refractivity contribution in [2.24, 2.45) is 0 Å². The van der Waals surface area contributed by atoms with Crippen molar-refractivity contribution >= 4 is 29.5 Å². The summed E-state index contributed by atoms with van der Waals surface area (Å²) in [5, 5.41) is 2.85. The first-order valence-electron chi connectivity index (χ1n) is 7.76. The van der Waals surface area contributed by atoms with Gasteiger partial charge in [0.1, 0.15) is 11.4 Å². The normalized spacial score (nSPS) is 20.1. The molecule has 1 aliphatic rings. The molecule has 0 radical (unpaired) electrons. The maximum atomic E-state index is 12.5. The molecule has 0 aliphatic carbocycles. The fourth-order valence-corrected chi connectivity index (χ4v) is 3.94. The van der Waals surface area contributed by atoms with Crippen molar-refractivity contribution in [1.29, 1.82) is 0 Å². The quantitative estimate of drug-likeness (QED) is 0.797. The van der Waals surface area contributed by atoms with Crippen LogP contribution < -0.4 is 10.2 Å². The molecule has 0 aromatic carbocycles. The number of rotatable bonds is 6. The van der Waals surface area contributed by atoms with E-state index < -0.39 is 5.54 Å². The Morgan fingerprint density at radius 2 is 2.13 bits per heavy atom. The van der Waals surface area contributed by atoms with Gasteiger partial charge in [-0.1, -0.05) is 0 Å². The van der Waals surface area contributed by atoms with E-state index in [0.29, 0.717) is 17.7 Å². The third kappa shape index (κ3) is 3.77. The van der Waals surface area contributed by atoms with E-state index in [1.165, 1.54) is 7.11 Å². The topological polar surface area (TPSA) is 71.5 Å². The van der Waals surface area contributed by atoms with Gasteiger partial charge in [-0.25, -0.2) is 9.78 Å². The Kier molecular flexibility index (Phi) is 5.87. The maximum absolute atomic E-state index is 12.5. The molecule has 7 heteroatoms. The second-order valence-corrected chi connectivity index (χ2v) is 6.51. The number of anilines is 1. The number of esters is 1. The van der Waals surface area contributed by atoms with Crippen LogP contribution >= 0.6 is 11.8 Å². The number of thioether (sulfide) groups is 1. The summed E-state index contributed by atoms with van der Waals surface area (Å²) in [6.45, 7) is 5.84. The maximum Gasteiger partial charge on any atom is 0.332 e. The molecule has 126 valence electrons. The molecule has 6 nitrogen and oxygen atoms in total. The van der Waals surface area contributed by atoms with Gasteiger partial charge in [0, 0.05) is 25.0 Å². The monoisotopic (exact) mass is 337 g/mol. The number of nitrogens with zero attached hydrogens (tertiary/aromatic N) is 2. The van der Waals surface area contributed by atoms with Crippen LogP contribution in [0.5, 0.6) is 0 Å². The van der Waals surface area contributed by atoms with Crippen molar-refractivity contribution in [2.45, 2.75) is 25.8 Å². The van der Waals surface area contributed by atoms with E-state index in [1.807, 2.05) is 6.07 Å². The number of nitrogens with one attached hydrogen (secondary N) is 1. The van der Waals surface area contributed by atoms with Crippen LogP contribution in [0.25, 0.3) is 0 Å². The number of carbonyl (C=O) groups is 2. The summed E-state index contributed by atoms with van der Waals surface area (Å²) < 4.78 is 4.86. The molecule has 1 atom stereocenters. The molecule has 2 rings (SSSR count). The second-order valence-electron chi connectivity index (χ2n) is 5.41. The van der Waals surface area contributed by atoms with Gasteiger partial charge < -0.3 is 15.0 Å². The van der Waals surface area contributed by atoms with Crippen molar-refractivity contribution < 1.29 is 14.3 Å². The summed E-state index contributed by atoms with van der Waals surface area (Å²) in [5.74, 6) is 1.52. The van der Waals surface area contributed by atoms with Crippen molar-refractivity contribution in [3.05, 3.63) is 23.9 Å². The highest BCUT2D eigenvalue weighted by molar-refractivity contribution is 7.99. The average molecular weight is 337 g/mol. The molecule has 2 heterocycles. The molecule has 1 aromatic heterocycles. The number of hydrogen-bond acceptors (Lipinski definition) is 6. The molecule has 23 heavy (non-hydrogen) atoms. The first-order valence-corrected chi connectivity index (χ1v) is 8.91. The number of aromatic nitrogens is 1. The van der Waals surface area contributed by atoms with Gasteiger partial charge in [0.25, 0.3) is 5.91 Å². The molecule has 1 unspecified atom stereocenters. The Morgan fingerprint density at radius 1 is 1.39 bits per heavy atom. The lowest BCUT2D eigenvalue weighted by Gasteiger charge is -2.26. The van der Waals surface area contributed by atoms with Gasteiger partial charge in [0.2, 0.25) is 0 Å². The fraction of sp³-hybridized carbons (Fsp3) is 0.562. The van der Waals surface area contributed by atoms with E-state index in [-0.39, 0.29) is 11.9 Å². The van der Waals surface area contributed by atoms with Gasteiger partial charge in [0.15, 0.2) is 0 Å². The Bertz CT molecular complexity index is 552. The number of carbonyl (C=O) groups excluding carboxylic acids is 2. The minimum Gasteiger partial charge on any atom is -0.467 e. The van der Waals surface area contributed by atoms with Gasteiger partial charge in [-0.3, -0.25) is 4.79 Å². The number of methoxy groups -OCH3 is 1. The molecule has 1 aliphatic heterocycles. The van der Waals surface area contributed by atoms with Crippen LogP contribution in [0.2, 0.25) is 0 Å². The molecular weight excluding hydrogens is 314 g/mol. The smallest absolute Gasteiger partial charge is 0.332 e. The Morgan fingerprint density at radius 3 is 2.61 bits per heavy atom. The lowest BCUT2D eigenvalue weighted by Crippen LogP contribution is -2.55. The van der Waals surface area contributed by atoms with E-state index in [0.717, 1.165) is 24.7 Å². The summed E-state index contributed by atoms with van der Waals surface area (Å²) in [5.41, 5.74) is -0.477. The molecule has 1 amide bonds. The molecule has 1 aromatic rings. The number of ether oxygens (including phenoxy) is 1. The predicted molar refractivity (Wildman–Crippen MR) is 92.0 cm³/mol. The van der Waals surface area contributed by atoms with Gasteiger partial charge in [-0.05, 0) is 38.2 Å². The van der Waals surface area contributed by atoms with E-state index in [2.05, 4.69) is 29.0 Å². The van der Waals surface area contributed by atoms with Crippen LogP contribution in [-0.2, 0) is 9.53 Å². The van der Waals surface area contributed by atoms with Gasteiger partial charge in [0.05, 0.1) is 12.7 Å². The highest BCUT2D eigenvalue weighted by Gasteiger charge is 2.44. The first-order chi connectivity index (χ1) is 11.1. The SMILES string of the molecule is CCN(CC)c1ccc(C(=O)NC2(C(=O)OC)CCSC2)cn1. The van der Waals surface area contributed by atoms with Crippen LogP contribution in [0.4, 0.5) is 5.82 Å². The lowest BCUT2D eigenvalue weighted by molar-refractivity contribution is -0.147. The van der Waals surface area contributed by atoms with Crippen molar-refractivity contribution in [2.75, 3.05) is 36.6 Å². The molecule has 0 spiro atoms. The zero-order valence-corrected chi connectivity index (χ0v) is 14.6. The Labute approximate surface area is 141 Å². The minimum atomic E-state index is -0.923. The number of amides is 1. The van der Waals surface area contributed by atoms with E-state index in [9.17, 15) is 9.59 Å². The molecule has 1 fully saturated rings. The van der Waals surface area contributed by atoms with Gasteiger partial charge in [-0.15, -0.1) is 0 Å². The van der Waals surface area contributed by atoms with Crippen LogP contribution in [0, 0.1) is 0 Å². The summed E-state index contributed by atoms with van der Waals surface area (Å²) >= 11 is 1.64. The van der Waals surface area contributed by atoms with Crippen molar-refractivity contribution in [3.63, 3.8) is 0 Å². The zero-order valence-electron chi connectivity index (χ0n) is 13.8. The minimum absolute atomic E-state index is 0.295. The Balaban J connectivity index is 2.12. The molecule has 1 saturated heterocycles. The van der Waals surface area contributed by atoms with Gasteiger partial charge >= 0.3 is 5.97 Å². The van der Waals surface area contributed by atoms with Crippen molar-refractivity contribution in [3.8, 4) is 0 Å². The third-order valence-corrected chi connectivity index (χ3v) is 5.24. The summed E-state index contributed by atoms with van der Waals surface area (Å²) in [6.07, 6.45) is 2.14. The number of pyridine rings is 1. The molecule has 1 N–H and O–H groups in total. The highest BCUT2D eigenvalue weighted by Crippen LogP contribution is 2.29. The van der Waals surface area contributed by atoms with E-state index in [4.69, 9.17) is 4.74 Å². The van der Waals surface area contributed by atoms with Crippen LogP contribution in [-0.4, -0.2) is 54.1 Å². The largest absolute Gasteiger partial charge is 0.467 e. The second kappa shape index (κ2) is 7.68. The fourth-order valence-electron chi connectivity index (χ4n) is 2.62. The third-order valence-electron chi connectivity index (χ3n) is 4.05. The van der Waals surface area contributed by atoms with Crippen molar-refractivity contribution in [1.82, 2.24) is 10.3 Å². The van der Waals surface area contributed by atoms with Crippen LogP contribution in [0.3, 0.4) is 0 Å². The zero-order chi connectivity index (χ0) is 16.9. The van der Waals surface area contributed by atoms with Crippen LogP contribution in [0.15, 0.2) is 18.3 Å². The summed E-state index contributed by atoms with van der Waals surface area (Å²) in [4.78, 5) is 31.0. The summed E-state index contributed by atoms with van der Waals surface area (Å²) in [6, 6.07) is 3.57. The van der Waals surface area contributed by atoms with Gasteiger partial charge in [-0.2, -0.15) is 11.8 Å². The van der Waals surface area contributed by atoms with E-state index >= 15 is 0 Å². The Hall–Kier alpha value is -1.76. The highest BCUT2D eigenvalue weighted by atomic mass is 32.2. The molecule has 0 saturated carbocycles. The summed E-state index contributed by atoms with van der Waals surface area (Å²) in [7, 11) is 1.35. The van der Waals surface area contributed by atoms with E-state index in [1.54, 1.807) is 24.0 Å². The standard InChI is InChI=1S/C16H23N3O3S/c1-4-19(5-2)13-7-6-12(10-17-13)14(20)18-16(15(21)22-3)8-9-23-11-16/h6-7,10H,4-5,8-9,11H2,1-3H3,(H,18,20). The lowest BCUT2D eigenvalue weighted by atomic mass is 9.98. The molecule has 0 bridgehead atoms. The number of hydrogen-bond donors (Lipinski definition) is 1. The first kappa shape index (κ1) is 17.6. The predicted octanol–water partition coefficient (Wildman–Crippen LogP) is 1.71. The average Bonchev–Trinajstić information content (AvgIpc) is 3.05.